The van der Waals surface area contributed by atoms with Crippen molar-refractivity contribution in [3.63, 3.8) is 0 Å². The Morgan fingerprint density at radius 2 is 2.28 bits per heavy atom. The van der Waals surface area contributed by atoms with E-state index in [1.54, 1.807) is 18.5 Å². The van der Waals surface area contributed by atoms with E-state index in [1.165, 1.54) is 12.1 Å². The molecule has 3 aromatic rings. The topological polar surface area (TPSA) is 59.0 Å². The molecule has 0 amide bonds. The molecule has 1 aliphatic rings. The first-order valence-corrected chi connectivity index (χ1v) is 8.29. The van der Waals surface area contributed by atoms with Crippen LogP contribution in [-0.2, 0) is 18.3 Å². The average molecular weight is 341 g/mol. The van der Waals surface area contributed by atoms with E-state index in [1.807, 2.05) is 23.9 Å². The highest BCUT2D eigenvalue weighted by Gasteiger charge is 2.28. The Balaban J connectivity index is 1.57. The van der Waals surface area contributed by atoms with Gasteiger partial charge in [-0.05, 0) is 12.1 Å². The second-order valence-electron chi connectivity index (χ2n) is 6.21. The van der Waals surface area contributed by atoms with E-state index in [4.69, 9.17) is 4.74 Å². The number of aromatic amines is 1. The number of rotatable bonds is 4. The second kappa shape index (κ2) is 6.78. The minimum absolute atomic E-state index is 0.0211. The number of nitrogens with one attached hydrogen (secondary N) is 1. The van der Waals surface area contributed by atoms with Crippen molar-refractivity contribution >= 4 is 0 Å². The minimum Gasteiger partial charge on any atom is -0.378 e. The normalized spacial score (nSPS) is 18.6. The largest absolute Gasteiger partial charge is 0.378 e. The molecule has 3 heterocycles. The maximum atomic E-state index is 13.5. The first-order valence-electron chi connectivity index (χ1n) is 8.29. The molecule has 6 nitrogen and oxygen atoms in total. The lowest BCUT2D eigenvalue weighted by atomic mass is 10.1. The molecule has 7 heteroatoms. The number of H-pyrrole nitrogens is 1. The molecule has 1 aromatic carbocycles. The van der Waals surface area contributed by atoms with Gasteiger partial charge in [-0.25, -0.2) is 14.4 Å². The summed E-state index contributed by atoms with van der Waals surface area (Å²) >= 11 is 0. The first-order chi connectivity index (χ1) is 12.2. The quantitative estimate of drug-likeness (QED) is 0.792. The molecule has 1 aliphatic heterocycles. The van der Waals surface area contributed by atoms with E-state index in [9.17, 15) is 4.39 Å². The van der Waals surface area contributed by atoms with Crippen molar-refractivity contribution in [1.82, 2.24) is 24.4 Å². The van der Waals surface area contributed by atoms with Crippen LogP contribution in [0.3, 0.4) is 0 Å². The van der Waals surface area contributed by atoms with Gasteiger partial charge < -0.3 is 14.3 Å². The van der Waals surface area contributed by atoms with Crippen LogP contribution in [0.4, 0.5) is 4.39 Å². The molecule has 0 bridgehead atoms. The molecule has 0 saturated carbocycles. The third-order valence-corrected chi connectivity index (χ3v) is 4.55. The number of nitrogens with zero attached hydrogens (tertiary/aromatic N) is 4. The summed E-state index contributed by atoms with van der Waals surface area (Å²) in [6.45, 7) is 2.81. The third kappa shape index (κ3) is 3.33. The summed E-state index contributed by atoms with van der Waals surface area (Å²) in [6, 6.07) is 6.52. The lowest BCUT2D eigenvalue weighted by Gasteiger charge is -2.34. The number of morpholine rings is 1. The highest BCUT2D eigenvalue weighted by Crippen LogP contribution is 2.26. The molecule has 1 unspecified atom stereocenters. The summed E-state index contributed by atoms with van der Waals surface area (Å²) in [4.78, 5) is 14.6. The lowest BCUT2D eigenvalue weighted by molar-refractivity contribution is -0.0170. The van der Waals surface area contributed by atoms with Gasteiger partial charge in [0, 0.05) is 31.5 Å². The van der Waals surface area contributed by atoms with Gasteiger partial charge in [-0.15, -0.1) is 0 Å². The fourth-order valence-corrected chi connectivity index (χ4v) is 3.12. The SMILES string of the molecule is Cn1ccnc1CN1CCOCC1c1ncc(-c2cccc(F)c2)[nH]1. The van der Waals surface area contributed by atoms with Crippen LogP contribution in [0.1, 0.15) is 17.7 Å². The lowest BCUT2D eigenvalue weighted by Crippen LogP contribution is -2.40. The van der Waals surface area contributed by atoms with Gasteiger partial charge >= 0.3 is 0 Å². The molecule has 0 spiro atoms. The van der Waals surface area contributed by atoms with Crippen molar-refractivity contribution in [3.8, 4) is 11.3 Å². The zero-order valence-electron chi connectivity index (χ0n) is 14.0. The van der Waals surface area contributed by atoms with Gasteiger partial charge in [0.2, 0.25) is 0 Å². The van der Waals surface area contributed by atoms with Gasteiger partial charge in [0.15, 0.2) is 0 Å². The maximum Gasteiger partial charge on any atom is 0.126 e. The van der Waals surface area contributed by atoms with Gasteiger partial charge in [0.25, 0.3) is 0 Å². The predicted octanol–water partition coefficient (Wildman–Crippen LogP) is 2.52. The zero-order valence-corrected chi connectivity index (χ0v) is 14.0. The number of benzene rings is 1. The van der Waals surface area contributed by atoms with Crippen molar-refractivity contribution in [1.29, 1.82) is 0 Å². The van der Waals surface area contributed by atoms with E-state index in [-0.39, 0.29) is 11.9 Å². The van der Waals surface area contributed by atoms with Crippen molar-refractivity contribution in [2.45, 2.75) is 12.6 Å². The number of ether oxygens (including phenoxy) is 1. The summed E-state index contributed by atoms with van der Waals surface area (Å²) in [5, 5.41) is 0. The molecule has 0 radical (unpaired) electrons. The van der Waals surface area contributed by atoms with Crippen molar-refractivity contribution in [2.24, 2.45) is 7.05 Å². The van der Waals surface area contributed by atoms with E-state index >= 15 is 0 Å². The summed E-state index contributed by atoms with van der Waals surface area (Å²) < 4.78 is 21.1. The van der Waals surface area contributed by atoms with E-state index in [2.05, 4.69) is 19.9 Å². The monoisotopic (exact) mass is 341 g/mol. The van der Waals surface area contributed by atoms with E-state index in [0.29, 0.717) is 13.2 Å². The Morgan fingerprint density at radius 1 is 1.36 bits per heavy atom. The van der Waals surface area contributed by atoms with Gasteiger partial charge in [-0.1, -0.05) is 12.1 Å². The number of hydrogen-bond acceptors (Lipinski definition) is 4. The maximum absolute atomic E-state index is 13.5. The van der Waals surface area contributed by atoms with Crippen molar-refractivity contribution < 1.29 is 9.13 Å². The van der Waals surface area contributed by atoms with Crippen LogP contribution < -0.4 is 0 Å². The van der Waals surface area contributed by atoms with Gasteiger partial charge in [0.1, 0.15) is 17.5 Å². The number of aromatic nitrogens is 4. The summed E-state index contributed by atoms with van der Waals surface area (Å²) in [6.07, 6.45) is 5.50. The first kappa shape index (κ1) is 16.0. The predicted molar refractivity (Wildman–Crippen MR) is 91.2 cm³/mol. The van der Waals surface area contributed by atoms with Crippen molar-refractivity contribution in [2.75, 3.05) is 19.8 Å². The van der Waals surface area contributed by atoms with Crippen LogP contribution in [0.15, 0.2) is 42.9 Å². The average Bonchev–Trinajstić information content (AvgIpc) is 3.25. The second-order valence-corrected chi connectivity index (χ2v) is 6.21. The van der Waals surface area contributed by atoms with Gasteiger partial charge in [0.05, 0.1) is 37.7 Å². The number of imidazole rings is 2. The number of hydrogen-bond donors (Lipinski definition) is 1. The zero-order chi connectivity index (χ0) is 17.2. The van der Waals surface area contributed by atoms with Crippen LogP contribution in [-0.4, -0.2) is 44.2 Å². The van der Waals surface area contributed by atoms with Gasteiger partial charge in [-0.3, -0.25) is 4.90 Å². The molecule has 2 aromatic heterocycles. The van der Waals surface area contributed by atoms with Crippen LogP contribution in [0, 0.1) is 5.82 Å². The molecular formula is C18H20FN5O. The highest BCUT2D eigenvalue weighted by molar-refractivity contribution is 5.58. The van der Waals surface area contributed by atoms with Crippen LogP contribution in [0.2, 0.25) is 0 Å². The standard InChI is InChI=1S/C18H20FN5O/c1-23-6-5-20-17(23)11-24-7-8-25-12-16(24)18-21-10-15(22-18)13-3-2-4-14(19)9-13/h2-6,9-10,16H,7-8,11-12H2,1H3,(H,21,22). The van der Waals surface area contributed by atoms with E-state index in [0.717, 1.165) is 36.0 Å². The fraction of sp³-hybridized carbons (Fsp3) is 0.333. The van der Waals surface area contributed by atoms with E-state index < -0.39 is 0 Å². The minimum atomic E-state index is -0.258. The molecule has 0 aliphatic carbocycles. The van der Waals surface area contributed by atoms with Gasteiger partial charge in [-0.2, -0.15) is 0 Å². The molecule has 1 atom stereocenters. The molecular weight excluding hydrogens is 321 g/mol. The van der Waals surface area contributed by atoms with Crippen LogP contribution >= 0.6 is 0 Å². The molecule has 130 valence electrons. The summed E-state index contributed by atoms with van der Waals surface area (Å²) in [7, 11) is 1.99. The Kier molecular flexibility index (Phi) is 4.33. The summed E-state index contributed by atoms with van der Waals surface area (Å²) in [5.74, 6) is 1.57. The molecule has 1 N–H and O–H groups in total. The molecule has 25 heavy (non-hydrogen) atoms. The molecule has 1 fully saturated rings. The fourth-order valence-electron chi connectivity index (χ4n) is 3.12. The smallest absolute Gasteiger partial charge is 0.126 e. The number of halogens is 1. The molecule has 1 saturated heterocycles. The number of aryl methyl sites for hydroxylation is 1. The Hall–Kier alpha value is -2.51. The Morgan fingerprint density at radius 3 is 3.08 bits per heavy atom. The van der Waals surface area contributed by atoms with Crippen molar-refractivity contribution in [3.05, 3.63) is 60.3 Å². The summed E-state index contributed by atoms with van der Waals surface area (Å²) in [5.41, 5.74) is 1.59. The highest BCUT2D eigenvalue weighted by atomic mass is 19.1. The van der Waals surface area contributed by atoms with Crippen LogP contribution in [0.5, 0.6) is 0 Å². The van der Waals surface area contributed by atoms with Crippen LogP contribution in [0.25, 0.3) is 11.3 Å². The molecule has 4 rings (SSSR count). The third-order valence-electron chi connectivity index (χ3n) is 4.55. The Labute approximate surface area is 145 Å². The Bertz CT molecular complexity index is 859.